The van der Waals surface area contributed by atoms with E-state index in [-0.39, 0.29) is 30.7 Å². The van der Waals surface area contributed by atoms with Crippen molar-refractivity contribution in [2.75, 3.05) is 33.3 Å². The number of hydrogen-bond acceptors (Lipinski definition) is 5. The summed E-state index contributed by atoms with van der Waals surface area (Å²) in [5.41, 5.74) is 1.15. The van der Waals surface area contributed by atoms with Crippen LogP contribution in [-0.2, 0) is 4.79 Å². The smallest absolute Gasteiger partial charge is 0.269 e. The lowest BCUT2D eigenvalue weighted by atomic mass is 10.0. The summed E-state index contributed by atoms with van der Waals surface area (Å²) in [4.78, 5) is 27.1. The van der Waals surface area contributed by atoms with Crippen LogP contribution in [0, 0.1) is 10.1 Å². The maximum absolute atomic E-state index is 12.8. The van der Waals surface area contributed by atoms with Crippen LogP contribution in [0.4, 0.5) is 5.69 Å². The first kappa shape index (κ1) is 18.8. The van der Waals surface area contributed by atoms with Gasteiger partial charge in [0.1, 0.15) is 5.75 Å². The second kappa shape index (κ2) is 8.64. The highest BCUT2D eigenvalue weighted by Crippen LogP contribution is 2.25. The normalized spacial score (nSPS) is 17.5. The Labute approximate surface area is 158 Å². The zero-order valence-electron chi connectivity index (χ0n) is 15.3. The number of benzene rings is 2. The lowest BCUT2D eigenvalue weighted by Gasteiger charge is -2.40. The summed E-state index contributed by atoms with van der Waals surface area (Å²) in [7, 11) is 2.06. The van der Waals surface area contributed by atoms with E-state index in [0.29, 0.717) is 12.3 Å². The van der Waals surface area contributed by atoms with E-state index in [1.165, 1.54) is 12.1 Å². The summed E-state index contributed by atoms with van der Waals surface area (Å²) < 4.78 is 5.58. The molecule has 1 saturated heterocycles. The number of carbonyl (C=O) groups excluding carboxylic acids is 1. The number of non-ortho nitro benzene ring substituents is 1. The third kappa shape index (κ3) is 4.83. The number of piperazine rings is 1. The second-order valence-electron chi connectivity index (χ2n) is 6.63. The molecule has 1 fully saturated rings. The number of hydrogen-bond donors (Lipinski definition) is 0. The Morgan fingerprint density at radius 1 is 1.15 bits per heavy atom. The van der Waals surface area contributed by atoms with E-state index in [2.05, 4.69) is 24.1 Å². The first-order chi connectivity index (χ1) is 13.0. The standard InChI is InChI=1S/C20H23N3O4/c1-21-12-13-22(19(15-21)16-5-3-2-4-6-16)20(24)11-14-27-18-9-7-17(8-10-18)23(25)26/h2-10,19H,11-15H2,1H3. The summed E-state index contributed by atoms with van der Waals surface area (Å²) in [5.74, 6) is 0.574. The molecule has 0 saturated carbocycles. The highest BCUT2D eigenvalue weighted by Gasteiger charge is 2.29. The van der Waals surface area contributed by atoms with Crippen LogP contribution in [0.1, 0.15) is 18.0 Å². The lowest BCUT2D eigenvalue weighted by Crippen LogP contribution is -2.49. The number of ether oxygens (including phenoxy) is 1. The molecule has 1 aliphatic heterocycles. The Balaban J connectivity index is 1.58. The predicted molar refractivity (Wildman–Crippen MR) is 102 cm³/mol. The average Bonchev–Trinajstić information content (AvgIpc) is 2.69. The average molecular weight is 369 g/mol. The largest absolute Gasteiger partial charge is 0.493 e. The summed E-state index contributed by atoms with van der Waals surface area (Å²) in [6.45, 7) is 2.58. The van der Waals surface area contributed by atoms with Crippen molar-refractivity contribution in [3.05, 3.63) is 70.3 Å². The topological polar surface area (TPSA) is 75.9 Å². The number of likely N-dealkylation sites (N-methyl/N-ethyl adjacent to an activating group) is 1. The van der Waals surface area contributed by atoms with Crippen molar-refractivity contribution in [1.82, 2.24) is 9.80 Å². The highest BCUT2D eigenvalue weighted by molar-refractivity contribution is 5.77. The van der Waals surface area contributed by atoms with E-state index in [1.54, 1.807) is 12.1 Å². The molecular formula is C20H23N3O4. The minimum Gasteiger partial charge on any atom is -0.493 e. The molecule has 1 unspecified atom stereocenters. The van der Waals surface area contributed by atoms with Gasteiger partial charge in [-0.3, -0.25) is 14.9 Å². The van der Waals surface area contributed by atoms with Gasteiger partial charge in [0, 0.05) is 31.8 Å². The summed E-state index contributed by atoms with van der Waals surface area (Å²) in [6, 6.07) is 16.0. The summed E-state index contributed by atoms with van der Waals surface area (Å²) >= 11 is 0. The molecular weight excluding hydrogens is 346 g/mol. The Kier molecular flexibility index (Phi) is 6.03. The molecule has 2 aromatic carbocycles. The first-order valence-electron chi connectivity index (χ1n) is 8.95. The van der Waals surface area contributed by atoms with Gasteiger partial charge in [0.05, 0.1) is 24.0 Å². The quantitative estimate of drug-likeness (QED) is 0.578. The number of nitro benzene ring substituents is 1. The van der Waals surface area contributed by atoms with Gasteiger partial charge in [-0.15, -0.1) is 0 Å². The molecule has 1 atom stereocenters. The van der Waals surface area contributed by atoms with E-state index in [0.717, 1.165) is 18.7 Å². The van der Waals surface area contributed by atoms with E-state index in [9.17, 15) is 14.9 Å². The predicted octanol–water partition coefficient (Wildman–Crippen LogP) is 2.88. The molecule has 0 N–H and O–H groups in total. The number of rotatable bonds is 6. The van der Waals surface area contributed by atoms with Gasteiger partial charge in [0.15, 0.2) is 0 Å². The van der Waals surface area contributed by atoms with Crippen LogP contribution in [0.25, 0.3) is 0 Å². The molecule has 0 spiro atoms. The Morgan fingerprint density at radius 2 is 1.85 bits per heavy atom. The van der Waals surface area contributed by atoms with Gasteiger partial charge in [0.25, 0.3) is 5.69 Å². The fourth-order valence-corrected chi connectivity index (χ4v) is 3.24. The molecule has 1 amide bonds. The summed E-state index contributed by atoms with van der Waals surface area (Å²) in [6.07, 6.45) is 0.268. The Morgan fingerprint density at radius 3 is 2.52 bits per heavy atom. The highest BCUT2D eigenvalue weighted by atomic mass is 16.6. The van der Waals surface area contributed by atoms with Gasteiger partial charge in [-0.1, -0.05) is 30.3 Å². The van der Waals surface area contributed by atoms with Crippen molar-refractivity contribution in [2.45, 2.75) is 12.5 Å². The molecule has 27 heavy (non-hydrogen) atoms. The van der Waals surface area contributed by atoms with Crippen molar-refractivity contribution >= 4 is 11.6 Å². The number of nitrogens with zero attached hydrogens (tertiary/aromatic N) is 3. The van der Waals surface area contributed by atoms with Crippen LogP contribution >= 0.6 is 0 Å². The fraction of sp³-hybridized carbons (Fsp3) is 0.350. The first-order valence-corrected chi connectivity index (χ1v) is 8.95. The molecule has 0 bridgehead atoms. The maximum atomic E-state index is 12.8. The minimum absolute atomic E-state index is 0.0153. The SMILES string of the molecule is CN1CCN(C(=O)CCOc2ccc([N+](=O)[O-])cc2)C(c2ccccc2)C1. The van der Waals surface area contributed by atoms with Crippen molar-refractivity contribution in [2.24, 2.45) is 0 Å². The molecule has 1 heterocycles. The van der Waals surface area contributed by atoms with Gasteiger partial charge >= 0.3 is 0 Å². The molecule has 1 aliphatic rings. The van der Waals surface area contributed by atoms with Crippen molar-refractivity contribution in [3.63, 3.8) is 0 Å². The molecule has 2 aromatic rings. The fourth-order valence-electron chi connectivity index (χ4n) is 3.24. The third-order valence-electron chi connectivity index (χ3n) is 4.72. The van der Waals surface area contributed by atoms with Gasteiger partial charge in [-0.2, -0.15) is 0 Å². The zero-order chi connectivity index (χ0) is 19.2. The van der Waals surface area contributed by atoms with E-state index in [4.69, 9.17) is 4.74 Å². The molecule has 0 aromatic heterocycles. The van der Waals surface area contributed by atoms with Crippen LogP contribution in [0.2, 0.25) is 0 Å². The third-order valence-corrected chi connectivity index (χ3v) is 4.72. The molecule has 7 heteroatoms. The van der Waals surface area contributed by atoms with Crippen LogP contribution in [0.5, 0.6) is 5.75 Å². The van der Waals surface area contributed by atoms with Gasteiger partial charge in [0.2, 0.25) is 5.91 Å². The molecule has 0 radical (unpaired) electrons. The number of amides is 1. The second-order valence-corrected chi connectivity index (χ2v) is 6.63. The molecule has 142 valence electrons. The number of carbonyl (C=O) groups is 1. The van der Waals surface area contributed by atoms with E-state index >= 15 is 0 Å². The molecule has 0 aliphatic carbocycles. The number of nitro groups is 1. The van der Waals surface area contributed by atoms with Crippen molar-refractivity contribution in [3.8, 4) is 5.75 Å². The zero-order valence-corrected chi connectivity index (χ0v) is 15.3. The van der Waals surface area contributed by atoms with Crippen molar-refractivity contribution in [1.29, 1.82) is 0 Å². The van der Waals surface area contributed by atoms with E-state index < -0.39 is 4.92 Å². The van der Waals surface area contributed by atoms with Crippen LogP contribution in [0.3, 0.4) is 0 Å². The Hall–Kier alpha value is -2.93. The lowest BCUT2D eigenvalue weighted by molar-refractivity contribution is -0.384. The van der Waals surface area contributed by atoms with Gasteiger partial charge in [-0.05, 0) is 24.7 Å². The van der Waals surface area contributed by atoms with Gasteiger partial charge < -0.3 is 14.5 Å². The van der Waals surface area contributed by atoms with Gasteiger partial charge in [-0.25, -0.2) is 0 Å². The minimum atomic E-state index is -0.454. The van der Waals surface area contributed by atoms with Crippen LogP contribution in [-0.4, -0.2) is 53.9 Å². The molecule has 3 rings (SSSR count). The van der Waals surface area contributed by atoms with E-state index in [1.807, 2.05) is 23.1 Å². The van der Waals surface area contributed by atoms with Crippen molar-refractivity contribution < 1.29 is 14.5 Å². The maximum Gasteiger partial charge on any atom is 0.269 e. The van der Waals surface area contributed by atoms with Crippen LogP contribution in [0.15, 0.2) is 54.6 Å². The summed E-state index contributed by atoms with van der Waals surface area (Å²) in [5, 5.41) is 10.7. The monoisotopic (exact) mass is 369 g/mol. The Bertz CT molecular complexity index is 780. The molecule has 7 nitrogen and oxygen atoms in total. The van der Waals surface area contributed by atoms with Crippen LogP contribution < -0.4 is 4.74 Å².